The quantitative estimate of drug-likeness (QED) is 0.244. The second-order valence-corrected chi connectivity index (χ2v) is 8.51. The molecule has 1 aliphatic rings. The Morgan fingerprint density at radius 3 is 2.23 bits per heavy atom. The first-order chi connectivity index (χ1) is 14.6. The van der Waals surface area contributed by atoms with E-state index in [1.807, 2.05) is 31.2 Å². The summed E-state index contributed by atoms with van der Waals surface area (Å²) >= 11 is 0. The van der Waals surface area contributed by atoms with Crippen molar-refractivity contribution in [3.05, 3.63) is 29.8 Å². The van der Waals surface area contributed by atoms with Gasteiger partial charge in [-0.2, -0.15) is 5.10 Å². The van der Waals surface area contributed by atoms with Crippen LogP contribution in [-0.4, -0.2) is 17.5 Å². The molecule has 0 aliphatic heterocycles. The summed E-state index contributed by atoms with van der Waals surface area (Å²) in [6.45, 7) is 4.10. The fourth-order valence-electron chi connectivity index (χ4n) is 3.91. The topological polar surface area (TPSA) is 70.6 Å². The maximum Gasteiger partial charge on any atom is 0.240 e. The fraction of sp³-hybridized carbons (Fsp3) is 0.640. The standard InChI is InChI=1S/C25H39N3O2/c1-3-4-5-6-7-8-12-15-24(29)28-27-20(2)21-16-18-23(19-17-21)26-25(30)22-13-10-9-11-14-22/h16-19,22H,3-15H2,1-2H3,(H,26,30)(H,28,29)/b27-20+. The van der Waals surface area contributed by atoms with Crippen molar-refractivity contribution in [2.75, 3.05) is 5.32 Å². The minimum Gasteiger partial charge on any atom is -0.326 e. The normalized spacial score (nSPS) is 15.1. The van der Waals surface area contributed by atoms with Gasteiger partial charge in [-0.05, 0) is 43.9 Å². The van der Waals surface area contributed by atoms with Crippen LogP contribution in [0.5, 0.6) is 0 Å². The number of benzene rings is 1. The largest absolute Gasteiger partial charge is 0.326 e. The van der Waals surface area contributed by atoms with Crippen LogP contribution in [0.25, 0.3) is 0 Å². The van der Waals surface area contributed by atoms with Crippen LogP contribution in [0.1, 0.15) is 103 Å². The first kappa shape index (κ1) is 24.1. The maximum absolute atomic E-state index is 12.4. The Morgan fingerprint density at radius 2 is 1.57 bits per heavy atom. The van der Waals surface area contributed by atoms with Crippen LogP contribution in [0.4, 0.5) is 5.69 Å². The van der Waals surface area contributed by atoms with E-state index < -0.39 is 0 Å². The Kier molecular flexibility index (Phi) is 11.2. The summed E-state index contributed by atoms with van der Waals surface area (Å²) in [5.41, 5.74) is 5.16. The maximum atomic E-state index is 12.4. The molecule has 0 aromatic heterocycles. The summed E-state index contributed by atoms with van der Waals surface area (Å²) in [6.07, 6.45) is 14.4. The number of carbonyl (C=O) groups is 2. The molecule has 0 heterocycles. The third-order valence-corrected chi connectivity index (χ3v) is 5.90. The molecule has 0 radical (unpaired) electrons. The average Bonchev–Trinajstić information content (AvgIpc) is 2.78. The minimum absolute atomic E-state index is 0.0285. The Balaban J connectivity index is 1.70. The molecule has 0 saturated heterocycles. The number of nitrogens with zero attached hydrogens (tertiary/aromatic N) is 1. The molecule has 1 fully saturated rings. The second kappa shape index (κ2) is 13.9. The molecule has 2 amide bonds. The number of anilines is 1. The number of amides is 2. The molecule has 1 aliphatic carbocycles. The molecule has 5 heteroatoms. The lowest BCUT2D eigenvalue weighted by molar-refractivity contribution is -0.121. The monoisotopic (exact) mass is 413 g/mol. The van der Waals surface area contributed by atoms with Crippen molar-refractivity contribution in [3.63, 3.8) is 0 Å². The first-order valence-electron chi connectivity index (χ1n) is 11.8. The number of hydrazone groups is 1. The number of carbonyl (C=O) groups excluding carboxylic acids is 2. The van der Waals surface area contributed by atoms with Gasteiger partial charge < -0.3 is 5.32 Å². The Morgan fingerprint density at radius 1 is 0.933 bits per heavy atom. The van der Waals surface area contributed by atoms with Crippen LogP contribution >= 0.6 is 0 Å². The molecule has 1 aromatic carbocycles. The number of hydrogen-bond donors (Lipinski definition) is 2. The summed E-state index contributed by atoms with van der Waals surface area (Å²) in [5, 5.41) is 7.25. The number of hydrogen-bond acceptors (Lipinski definition) is 3. The van der Waals surface area contributed by atoms with E-state index in [2.05, 4.69) is 22.8 Å². The van der Waals surface area contributed by atoms with Gasteiger partial charge in [0.25, 0.3) is 0 Å². The van der Waals surface area contributed by atoms with Crippen molar-refractivity contribution in [3.8, 4) is 0 Å². The Hall–Kier alpha value is -2.17. The second-order valence-electron chi connectivity index (χ2n) is 8.51. The van der Waals surface area contributed by atoms with E-state index in [1.54, 1.807) is 0 Å². The van der Waals surface area contributed by atoms with Crippen LogP contribution in [-0.2, 0) is 9.59 Å². The van der Waals surface area contributed by atoms with Gasteiger partial charge in [0.15, 0.2) is 0 Å². The SMILES string of the molecule is CCCCCCCCCC(=O)N/N=C(\C)c1ccc(NC(=O)C2CCCCC2)cc1. The van der Waals surface area contributed by atoms with E-state index in [1.165, 1.54) is 38.5 Å². The van der Waals surface area contributed by atoms with Crippen molar-refractivity contribution in [1.29, 1.82) is 0 Å². The smallest absolute Gasteiger partial charge is 0.240 e. The highest BCUT2D eigenvalue weighted by atomic mass is 16.2. The third kappa shape index (κ3) is 9.10. The highest BCUT2D eigenvalue weighted by molar-refractivity contribution is 6.00. The number of unbranched alkanes of at least 4 members (excludes halogenated alkanes) is 6. The van der Waals surface area contributed by atoms with E-state index in [-0.39, 0.29) is 17.7 Å². The van der Waals surface area contributed by atoms with Crippen LogP contribution in [0.15, 0.2) is 29.4 Å². The van der Waals surface area contributed by atoms with Gasteiger partial charge in [0.2, 0.25) is 11.8 Å². The predicted molar refractivity (Wildman–Crippen MR) is 125 cm³/mol. The predicted octanol–water partition coefficient (Wildman–Crippen LogP) is 6.19. The van der Waals surface area contributed by atoms with E-state index in [0.29, 0.717) is 6.42 Å². The van der Waals surface area contributed by atoms with Crippen molar-refractivity contribution in [2.45, 2.75) is 97.3 Å². The molecule has 2 N–H and O–H groups in total. The Bertz CT molecular complexity index is 676. The van der Waals surface area contributed by atoms with Crippen molar-refractivity contribution in [1.82, 2.24) is 5.43 Å². The Labute approximate surface area is 182 Å². The lowest BCUT2D eigenvalue weighted by Gasteiger charge is -2.20. The van der Waals surface area contributed by atoms with Crippen LogP contribution < -0.4 is 10.7 Å². The van der Waals surface area contributed by atoms with Crippen LogP contribution in [0.3, 0.4) is 0 Å². The first-order valence-corrected chi connectivity index (χ1v) is 11.8. The van der Waals surface area contributed by atoms with Gasteiger partial charge in [0, 0.05) is 18.0 Å². The zero-order chi connectivity index (χ0) is 21.6. The fourth-order valence-corrected chi connectivity index (χ4v) is 3.91. The van der Waals surface area contributed by atoms with Gasteiger partial charge in [-0.3, -0.25) is 9.59 Å². The minimum atomic E-state index is -0.0285. The van der Waals surface area contributed by atoms with Crippen LogP contribution in [0.2, 0.25) is 0 Å². The van der Waals surface area contributed by atoms with E-state index >= 15 is 0 Å². The molecular formula is C25H39N3O2. The van der Waals surface area contributed by atoms with E-state index in [0.717, 1.165) is 55.5 Å². The number of nitrogens with one attached hydrogen (secondary N) is 2. The van der Waals surface area contributed by atoms with E-state index in [4.69, 9.17) is 0 Å². The summed E-state index contributed by atoms with van der Waals surface area (Å²) in [7, 11) is 0. The van der Waals surface area contributed by atoms with E-state index in [9.17, 15) is 9.59 Å². The third-order valence-electron chi connectivity index (χ3n) is 5.90. The van der Waals surface area contributed by atoms with Gasteiger partial charge in [0.05, 0.1) is 5.71 Å². The molecule has 2 rings (SSSR count). The zero-order valence-corrected chi connectivity index (χ0v) is 18.8. The molecule has 0 bridgehead atoms. The molecule has 1 aromatic rings. The molecule has 30 heavy (non-hydrogen) atoms. The molecule has 0 unspecified atom stereocenters. The average molecular weight is 414 g/mol. The summed E-state index contributed by atoms with van der Waals surface area (Å²) in [4.78, 5) is 24.3. The molecular weight excluding hydrogens is 374 g/mol. The zero-order valence-electron chi connectivity index (χ0n) is 18.8. The molecule has 0 spiro atoms. The molecule has 0 atom stereocenters. The van der Waals surface area contributed by atoms with Gasteiger partial charge >= 0.3 is 0 Å². The molecule has 166 valence electrons. The van der Waals surface area contributed by atoms with Gasteiger partial charge in [0.1, 0.15) is 0 Å². The molecule has 1 saturated carbocycles. The van der Waals surface area contributed by atoms with Gasteiger partial charge in [-0.1, -0.05) is 76.8 Å². The number of rotatable bonds is 12. The van der Waals surface area contributed by atoms with Crippen molar-refractivity contribution >= 4 is 23.2 Å². The summed E-state index contributed by atoms with van der Waals surface area (Å²) in [6, 6.07) is 7.65. The highest BCUT2D eigenvalue weighted by Crippen LogP contribution is 2.25. The summed E-state index contributed by atoms with van der Waals surface area (Å²) < 4.78 is 0. The molecule has 5 nitrogen and oxygen atoms in total. The highest BCUT2D eigenvalue weighted by Gasteiger charge is 2.20. The summed E-state index contributed by atoms with van der Waals surface area (Å²) in [5.74, 6) is 0.248. The van der Waals surface area contributed by atoms with Crippen molar-refractivity contribution < 1.29 is 9.59 Å². The lowest BCUT2D eigenvalue weighted by Crippen LogP contribution is -2.24. The van der Waals surface area contributed by atoms with Crippen LogP contribution in [0, 0.1) is 5.92 Å². The van der Waals surface area contributed by atoms with Gasteiger partial charge in [-0.15, -0.1) is 0 Å². The lowest BCUT2D eigenvalue weighted by atomic mass is 9.88. The van der Waals surface area contributed by atoms with Crippen molar-refractivity contribution in [2.24, 2.45) is 11.0 Å². The van der Waals surface area contributed by atoms with Gasteiger partial charge in [-0.25, -0.2) is 5.43 Å².